The van der Waals surface area contributed by atoms with Gasteiger partial charge in [-0.2, -0.15) is 0 Å². The lowest BCUT2D eigenvalue weighted by atomic mass is 9.66. The summed E-state index contributed by atoms with van der Waals surface area (Å²) in [5.74, 6) is 0.399. The van der Waals surface area contributed by atoms with Crippen molar-refractivity contribution in [2.75, 3.05) is 0 Å². The van der Waals surface area contributed by atoms with E-state index in [9.17, 15) is 5.11 Å². The molecule has 0 aliphatic heterocycles. The van der Waals surface area contributed by atoms with Crippen LogP contribution in [-0.4, -0.2) is 11.2 Å². The van der Waals surface area contributed by atoms with Gasteiger partial charge in [0.25, 0.3) is 0 Å². The van der Waals surface area contributed by atoms with Crippen LogP contribution in [0.2, 0.25) is 0 Å². The fourth-order valence-electron chi connectivity index (χ4n) is 5.90. The van der Waals surface area contributed by atoms with E-state index in [1.807, 2.05) is 0 Å². The normalized spacial score (nSPS) is 14.2. The summed E-state index contributed by atoms with van der Waals surface area (Å²) in [5, 5.41) is 11.5. The first-order valence-corrected chi connectivity index (χ1v) is 16.0. The molecule has 1 N–H and O–H groups in total. The maximum Gasteiger partial charge on any atom is 0.0597 e. The van der Waals surface area contributed by atoms with Crippen LogP contribution >= 0.6 is 0 Å². The summed E-state index contributed by atoms with van der Waals surface area (Å²) in [6.07, 6.45) is 24.8. The Morgan fingerprint density at radius 3 is 1.39 bits per heavy atom. The summed E-state index contributed by atoms with van der Waals surface area (Å²) in [6, 6.07) is 11.0. The number of aliphatic hydroxyl groups excluding tert-OH is 1. The zero-order chi connectivity index (χ0) is 26.7. The van der Waals surface area contributed by atoms with Gasteiger partial charge in [-0.3, -0.25) is 0 Å². The molecule has 2 unspecified atom stereocenters. The SMILES string of the molecule is CCCCCCCCCCC(C)(C)C(O)CC(c1ccccc1)C(C)(C)CCCCCCCCCC. The van der Waals surface area contributed by atoms with Crippen molar-refractivity contribution in [3.63, 3.8) is 0 Å². The van der Waals surface area contributed by atoms with E-state index in [0.717, 1.165) is 12.8 Å². The quantitative estimate of drug-likeness (QED) is 0.148. The Kier molecular flexibility index (Phi) is 17.8. The molecule has 1 aromatic carbocycles. The predicted molar refractivity (Wildman–Crippen MR) is 162 cm³/mol. The maximum atomic E-state index is 11.5. The summed E-state index contributed by atoms with van der Waals surface area (Å²) in [5.41, 5.74) is 1.58. The van der Waals surface area contributed by atoms with Crippen LogP contribution in [0, 0.1) is 10.8 Å². The summed E-state index contributed by atoms with van der Waals surface area (Å²) >= 11 is 0. The molecule has 0 bridgehead atoms. The van der Waals surface area contributed by atoms with Crippen molar-refractivity contribution in [1.82, 2.24) is 0 Å². The number of hydrogen-bond donors (Lipinski definition) is 1. The Balaban J connectivity index is 2.58. The highest BCUT2D eigenvalue weighted by Crippen LogP contribution is 2.45. The first kappa shape index (κ1) is 33.2. The first-order valence-electron chi connectivity index (χ1n) is 16.0. The zero-order valence-electron chi connectivity index (χ0n) is 25.4. The highest BCUT2D eigenvalue weighted by molar-refractivity contribution is 5.22. The molecule has 1 nitrogen and oxygen atoms in total. The van der Waals surface area contributed by atoms with Gasteiger partial charge in [0.15, 0.2) is 0 Å². The minimum atomic E-state index is -0.259. The number of unbranched alkanes of at least 4 members (excludes halogenated alkanes) is 14. The van der Waals surface area contributed by atoms with Crippen LogP contribution < -0.4 is 0 Å². The topological polar surface area (TPSA) is 20.2 Å². The zero-order valence-corrected chi connectivity index (χ0v) is 25.4. The molecule has 0 fully saturated rings. The fourth-order valence-corrected chi connectivity index (χ4v) is 5.90. The van der Waals surface area contributed by atoms with Crippen LogP contribution in [0.5, 0.6) is 0 Å². The van der Waals surface area contributed by atoms with E-state index < -0.39 is 0 Å². The molecule has 0 spiro atoms. The Labute approximate surface area is 227 Å². The lowest BCUT2D eigenvalue weighted by molar-refractivity contribution is 0.0170. The maximum absolute atomic E-state index is 11.5. The van der Waals surface area contributed by atoms with Crippen molar-refractivity contribution in [3.8, 4) is 0 Å². The number of aliphatic hydroxyl groups is 1. The minimum Gasteiger partial charge on any atom is -0.393 e. The van der Waals surface area contributed by atoms with Gasteiger partial charge in [0.1, 0.15) is 0 Å². The molecule has 1 aromatic rings. The van der Waals surface area contributed by atoms with Gasteiger partial charge in [-0.25, -0.2) is 0 Å². The Morgan fingerprint density at radius 2 is 0.944 bits per heavy atom. The summed E-state index contributed by atoms with van der Waals surface area (Å²) in [6.45, 7) is 14.1. The second-order valence-electron chi connectivity index (χ2n) is 13.1. The van der Waals surface area contributed by atoms with Gasteiger partial charge < -0.3 is 5.11 Å². The van der Waals surface area contributed by atoms with Crippen molar-refractivity contribution in [2.45, 2.75) is 176 Å². The third-order valence-corrected chi connectivity index (χ3v) is 8.86. The highest BCUT2D eigenvalue weighted by atomic mass is 16.3. The largest absolute Gasteiger partial charge is 0.393 e. The molecular formula is C35H64O. The van der Waals surface area contributed by atoms with Crippen molar-refractivity contribution >= 4 is 0 Å². The fraction of sp³-hybridized carbons (Fsp3) is 0.829. The van der Waals surface area contributed by atoms with Crippen LogP contribution in [-0.2, 0) is 0 Å². The summed E-state index contributed by atoms with van der Waals surface area (Å²) < 4.78 is 0. The lowest BCUT2D eigenvalue weighted by Gasteiger charge is -2.40. The van der Waals surface area contributed by atoms with Crippen LogP contribution in [0.15, 0.2) is 30.3 Å². The van der Waals surface area contributed by atoms with Gasteiger partial charge in [-0.15, -0.1) is 0 Å². The van der Waals surface area contributed by atoms with Crippen molar-refractivity contribution < 1.29 is 5.11 Å². The Morgan fingerprint density at radius 1 is 0.556 bits per heavy atom. The predicted octanol–water partition coefficient (Wildman–Crippen LogP) is 11.6. The van der Waals surface area contributed by atoms with Crippen molar-refractivity contribution in [1.29, 1.82) is 0 Å². The molecule has 0 aromatic heterocycles. The minimum absolute atomic E-state index is 0.0240. The molecular weight excluding hydrogens is 436 g/mol. The number of benzene rings is 1. The highest BCUT2D eigenvalue weighted by Gasteiger charge is 2.36. The lowest BCUT2D eigenvalue weighted by Crippen LogP contribution is -2.34. The summed E-state index contributed by atoms with van der Waals surface area (Å²) in [7, 11) is 0. The third-order valence-electron chi connectivity index (χ3n) is 8.86. The van der Waals surface area contributed by atoms with Crippen LogP contribution in [0.4, 0.5) is 0 Å². The van der Waals surface area contributed by atoms with Crippen LogP contribution in [0.3, 0.4) is 0 Å². The molecule has 1 heteroatoms. The van der Waals surface area contributed by atoms with E-state index in [1.54, 1.807) is 0 Å². The third kappa shape index (κ3) is 14.2. The van der Waals surface area contributed by atoms with Crippen molar-refractivity contribution in [2.24, 2.45) is 10.8 Å². The number of rotatable bonds is 23. The molecule has 0 saturated heterocycles. The van der Waals surface area contributed by atoms with E-state index in [0.29, 0.717) is 5.92 Å². The Bertz CT molecular complexity index is 617. The second kappa shape index (κ2) is 19.3. The van der Waals surface area contributed by atoms with E-state index in [4.69, 9.17) is 0 Å². The summed E-state index contributed by atoms with van der Waals surface area (Å²) in [4.78, 5) is 0. The van der Waals surface area contributed by atoms with Crippen LogP contribution in [0.1, 0.15) is 175 Å². The van der Waals surface area contributed by atoms with E-state index in [2.05, 4.69) is 71.9 Å². The average molecular weight is 501 g/mol. The van der Waals surface area contributed by atoms with E-state index >= 15 is 0 Å². The molecule has 2 atom stereocenters. The molecule has 1 rings (SSSR count). The molecule has 0 heterocycles. The first-order chi connectivity index (χ1) is 17.2. The molecule has 36 heavy (non-hydrogen) atoms. The van der Waals surface area contributed by atoms with Gasteiger partial charge in [-0.05, 0) is 41.6 Å². The van der Waals surface area contributed by atoms with E-state index in [1.165, 1.54) is 115 Å². The molecule has 0 amide bonds. The van der Waals surface area contributed by atoms with Gasteiger partial charge in [0.2, 0.25) is 0 Å². The Hall–Kier alpha value is -0.820. The standard InChI is InChI=1S/C35H64O/c1-7-9-11-13-15-17-19-24-28-34(3,4)32(31-26-22-21-23-27-31)30-33(36)35(5,6)29-25-20-18-16-14-12-10-8-2/h21-23,26-27,32-33,36H,7-20,24-25,28-30H2,1-6H3. The van der Waals surface area contributed by atoms with Gasteiger partial charge in [-0.1, -0.05) is 175 Å². The average Bonchev–Trinajstić information content (AvgIpc) is 2.86. The molecule has 0 aliphatic rings. The molecule has 210 valence electrons. The molecule has 0 saturated carbocycles. The van der Waals surface area contributed by atoms with Gasteiger partial charge >= 0.3 is 0 Å². The van der Waals surface area contributed by atoms with E-state index in [-0.39, 0.29) is 16.9 Å². The monoisotopic (exact) mass is 500 g/mol. The number of hydrogen-bond acceptors (Lipinski definition) is 1. The molecule has 0 aliphatic carbocycles. The molecule has 0 radical (unpaired) electrons. The second-order valence-corrected chi connectivity index (χ2v) is 13.1. The van der Waals surface area contributed by atoms with Crippen molar-refractivity contribution in [3.05, 3.63) is 35.9 Å². The van der Waals surface area contributed by atoms with Gasteiger partial charge in [0.05, 0.1) is 6.10 Å². The smallest absolute Gasteiger partial charge is 0.0597 e. The van der Waals surface area contributed by atoms with Crippen LogP contribution in [0.25, 0.3) is 0 Å². The van der Waals surface area contributed by atoms with Gasteiger partial charge in [0, 0.05) is 0 Å².